The molecule has 1 aliphatic heterocycles. The van der Waals surface area contributed by atoms with E-state index in [1.54, 1.807) is 0 Å². The molecule has 0 bridgehead atoms. The van der Waals surface area contributed by atoms with Crippen molar-refractivity contribution in [3.05, 3.63) is 29.8 Å². The number of hydrogen-bond acceptors (Lipinski definition) is 3. The number of carbonyl (C=O) groups is 1. The average molecular weight is 262 g/mol. The second-order valence-electron chi connectivity index (χ2n) is 4.88. The Hall–Kier alpha value is -1.55. The van der Waals surface area contributed by atoms with Gasteiger partial charge in [-0.05, 0) is 49.9 Å². The Balaban J connectivity index is 1.75. The molecule has 104 valence electrons. The minimum absolute atomic E-state index is 0.00182. The molecular formula is C15H22N2O2. The van der Waals surface area contributed by atoms with Crippen molar-refractivity contribution in [2.24, 2.45) is 5.92 Å². The van der Waals surface area contributed by atoms with Gasteiger partial charge in [-0.15, -0.1) is 0 Å². The monoisotopic (exact) mass is 262 g/mol. The molecule has 1 amide bonds. The largest absolute Gasteiger partial charge is 0.385 e. The Kier molecular flexibility index (Phi) is 5.21. The van der Waals surface area contributed by atoms with Crippen molar-refractivity contribution in [2.45, 2.75) is 19.8 Å². The summed E-state index contributed by atoms with van der Waals surface area (Å²) in [4.78, 5) is 11.9. The Morgan fingerprint density at radius 1 is 1.37 bits per heavy atom. The summed E-state index contributed by atoms with van der Waals surface area (Å²) in [6.45, 7) is 5.36. The van der Waals surface area contributed by atoms with E-state index in [0.29, 0.717) is 11.5 Å². The van der Waals surface area contributed by atoms with Gasteiger partial charge in [0.1, 0.15) is 0 Å². The molecule has 19 heavy (non-hydrogen) atoms. The molecule has 1 fully saturated rings. The van der Waals surface area contributed by atoms with Crippen LogP contribution in [0.25, 0.3) is 0 Å². The lowest BCUT2D eigenvalue weighted by atomic mass is 10.1. The summed E-state index contributed by atoms with van der Waals surface area (Å²) in [6, 6.07) is 7.57. The molecule has 0 aromatic heterocycles. The van der Waals surface area contributed by atoms with Gasteiger partial charge in [0.2, 0.25) is 0 Å². The van der Waals surface area contributed by atoms with E-state index >= 15 is 0 Å². The summed E-state index contributed by atoms with van der Waals surface area (Å²) >= 11 is 0. The highest BCUT2D eigenvalue weighted by molar-refractivity contribution is 5.94. The highest BCUT2D eigenvalue weighted by atomic mass is 16.5. The number of ether oxygens (including phenoxy) is 1. The first-order valence-electron chi connectivity index (χ1n) is 6.99. The number of rotatable bonds is 6. The van der Waals surface area contributed by atoms with Crippen molar-refractivity contribution in [2.75, 3.05) is 31.6 Å². The first-order chi connectivity index (χ1) is 9.29. The van der Waals surface area contributed by atoms with Gasteiger partial charge >= 0.3 is 0 Å². The fourth-order valence-electron chi connectivity index (χ4n) is 2.25. The van der Waals surface area contributed by atoms with Crippen molar-refractivity contribution in [3.63, 3.8) is 0 Å². The van der Waals surface area contributed by atoms with Crippen LogP contribution < -0.4 is 10.6 Å². The molecular weight excluding hydrogens is 240 g/mol. The molecule has 0 spiro atoms. The van der Waals surface area contributed by atoms with E-state index < -0.39 is 0 Å². The van der Waals surface area contributed by atoms with Crippen molar-refractivity contribution < 1.29 is 9.53 Å². The van der Waals surface area contributed by atoms with Crippen LogP contribution in [0.3, 0.4) is 0 Å². The zero-order chi connectivity index (χ0) is 13.5. The molecule has 1 saturated heterocycles. The van der Waals surface area contributed by atoms with E-state index in [4.69, 9.17) is 4.74 Å². The smallest absolute Gasteiger partial charge is 0.251 e. The van der Waals surface area contributed by atoms with E-state index in [2.05, 4.69) is 10.6 Å². The summed E-state index contributed by atoms with van der Waals surface area (Å²) in [5.74, 6) is 0.610. The normalized spacial score (nSPS) is 18.3. The van der Waals surface area contributed by atoms with Crippen LogP contribution in [0.15, 0.2) is 24.3 Å². The number of nitrogens with one attached hydrogen (secondary N) is 2. The maximum absolute atomic E-state index is 11.9. The molecule has 1 heterocycles. The molecule has 4 heteroatoms. The zero-order valence-corrected chi connectivity index (χ0v) is 11.4. The van der Waals surface area contributed by atoms with Crippen LogP contribution in [0, 0.1) is 5.92 Å². The molecule has 2 rings (SSSR count). The molecule has 0 saturated carbocycles. The third-order valence-corrected chi connectivity index (χ3v) is 3.39. The second-order valence-corrected chi connectivity index (χ2v) is 4.88. The highest BCUT2D eigenvalue weighted by Gasteiger charge is 2.15. The van der Waals surface area contributed by atoms with Crippen LogP contribution in [0.2, 0.25) is 0 Å². The lowest BCUT2D eigenvalue weighted by molar-refractivity contribution is 0.0950. The predicted octanol–water partition coefficient (Wildman–Crippen LogP) is 2.27. The van der Waals surface area contributed by atoms with E-state index in [-0.39, 0.29) is 5.91 Å². The standard InChI is InChI=1S/C15H22N2O2/c1-2-16-14-5-3-13(4-6-14)15(18)17-9-7-12-8-10-19-11-12/h3-6,12,16H,2,7-11H2,1H3,(H,17,18). The van der Waals surface area contributed by atoms with Gasteiger partial charge in [0.05, 0.1) is 0 Å². The summed E-state index contributed by atoms with van der Waals surface area (Å²) in [5.41, 5.74) is 1.76. The molecule has 1 atom stereocenters. The second kappa shape index (κ2) is 7.14. The lowest BCUT2D eigenvalue weighted by Crippen LogP contribution is -2.26. The topological polar surface area (TPSA) is 50.4 Å². The number of benzene rings is 1. The van der Waals surface area contributed by atoms with Gasteiger partial charge in [0.25, 0.3) is 5.91 Å². The fourth-order valence-corrected chi connectivity index (χ4v) is 2.25. The van der Waals surface area contributed by atoms with Crippen LogP contribution in [-0.4, -0.2) is 32.2 Å². The summed E-state index contributed by atoms with van der Waals surface area (Å²) in [7, 11) is 0. The minimum atomic E-state index is 0.00182. The van der Waals surface area contributed by atoms with Crippen molar-refractivity contribution in [3.8, 4) is 0 Å². The average Bonchev–Trinajstić information content (AvgIpc) is 2.93. The molecule has 1 aliphatic rings. The van der Waals surface area contributed by atoms with Crippen LogP contribution in [0.5, 0.6) is 0 Å². The number of carbonyl (C=O) groups excluding carboxylic acids is 1. The molecule has 1 unspecified atom stereocenters. The van der Waals surface area contributed by atoms with Crippen LogP contribution in [0.4, 0.5) is 5.69 Å². The first-order valence-corrected chi connectivity index (χ1v) is 6.99. The van der Waals surface area contributed by atoms with Crippen LogP contribution >= 0.6 is 0 Å². The van der Waals surface area contributed by atoms with E-state index in [1.807, 2.05) is 31.2 Å². The minimum Gasteiger partial charge on any atom is -0.385 e. The van der Waals surface area contributed by atoms with Gasteiger partial charge in [-0.1, -0.05) is 0 Å². The molecule has 1 aromatic rings. The SMILES string of the molecule is CCNc1ccc(C(=O)NCCC2CCOC2)cc1. The Morgan fingerprint density at radius 2 is 2.16 bits per heavy atom. The third-order valence-electron chi connectivity index (χ3n) is 3.39. The van der Waals surface area contributed by atoms with E-state index in [0.717, 1.165) is 44.8 Å². The molecule has 0 radical (unpaired) electrons. The maximum Gasteiger partial charge on any atom is 0.251 e. The highest BCUT2D eigenvalue weighted by Crippen LogP contribution is 2.15. The zero-order valence-electron chi connectivity index (χ0n) is 11.4. The Bertz CT molecular complexity index is 397. The maximum atomic E-state index is 11.9. The third kappa shape index (κ3) is 4.24. The molecule has 1 aromatic carbocycles. The molecule has 2 N–H and O–H groups in total. The van der Waals surface area contributed by atoms with Gasteiger partial charge in [-0.2, -0.15) is 0 Å². The first kappa shape index (κ1) is 13.9. The van der Waals surface area contributed by atoms with E-state index in [9.17, 15) is 4.79 Å². The molecule has 4 nitrogen and oxygen atoms in total. The fraction of sp³-hybridized carbons (Fsp3) is 0.533. The predicted molar refractivity (Wildman–Crippen MR) is 76.5 cm³/mol. The van der Waals surface area contributed by atoms with Crippen molar-refractivity contribution in [1.29, 1.82) is 0 Å². The quantitative estimate of drug-likeness (QED) is 0.827. The molecule has 0 aliphatic carbocycles. The number of amides is 1. The Morgan fingerprint density at radius 3 is 2.79 bits per heavy atom. The van der Waals surface area contributed by atoms with Gasteiger partial charge in [-0.3, -0.25) is 4.79 Å². The number of anilines is 1. The summed E-state index contributed by atoms with van der Waals surface area (Å²) < 4.78 is 5.32. The van der Waals surface area contributed by atoms with Crippen molar-refractivity contribution in [1.82, 2.24) is 5.32 Å². The summed E-state index contributed by atoms with van der Waals surface area (Å²) in [6.07, 6.45) is 2.12. The number of hydrogen-bond donors (Lipinski definition) is 2. The van der Waals surface area contributed by atoms with Gasteiger partial charge in [-0.25, -0.2) is 0 Å². The Labute approximate surface area is 114 Å². The van der Waals surface area contributed by atoms with Gasteiger partial charge < -0.3 is 15.4 Å². The van der Waals surface area contributed by atoms with Crippen LogP contribution in [-0.2, 0) is 4.74 Å². The van der Waals surface area contributed by atoms with Gasteiger partial charge in [0, 0.05) is 37.6 Å². The van der Waals surface area contributed by atoms with Crippen LogP contribution in [0.1, 0.15) is 30.1 Å². The summed E-state index contributed by atoms with van der Waals surface area (Å²) in [5, 5.41) is 6.17. The lowest BCUT2D eigenvalue weighted by Gasteiger charge is -2.09. The van der Waals surface area contributed by atoms with E-state index in [1.165, 1.54) is 0 Å². The van der Waals surface area contributed by atoms with Gasteiger partial charge in [0.15, 0.2) is 0 Å². The van der Waals surface area contributed by atoms with Crippen molar-refractivity contribution >= 4 is 11.6 Å².